The Bertz CT molecular complexity index is 1150. The van der Waals surface area contributed by atoms with E-state index < -0.39 is 4.92 Å². The standard InChI is InChI=1S/C22H22ClN5O3/c1-15-13-16(2)27(24-15)21-14-17(7-8-20(21)28(30)31)25-9-11-26(12-10-25)22(29)18-5-3-4-6-19(18)23/h3-8,13-14H,9-12H2,1-2H3. The zero-order valence-electron chi connectivity index (χ0n) is 17.3. The Morgan fingerprint density at radius 1 is 1.06 bits per heavy atom. The number of carbonyl (C=O) groups excluding carboxylic acids is 1. The van der Waals surface area contributed by atoms with Gasteiger partial charge in [0.25, 0.3) is 11.6 Å². The molecule has 3 aromatic rings. The van der Waals surface area contributed by atoms with E-state index in [-0.39, 0.29) is 11.6 Å². The average molecular weight is 440 g/mol. The van der Waals surface area contributed by atoms with E-state index in [4.69, 9.17) is 11.6 Å². The molecule has 160 valence electrons. The highest BCUT2D eigenvalue weighted by atomic mass is 35.5. The van der Waals surface area contributed by atoms with E-state index in [0.717, 1.165) is 17.1 Å². The molecule has 1 aliphatic heterocycles. The number of nitro groups is 1. The lowest BCUT2D eigenvalue weighted by atomic mass is 10.1. The Balaban J connectivity index is 1.56. The lowest BCUT2D eigenvalue weighted by molar-refractivity contribution is -0.384. The minimum atomic E-state index is -0.393. The van der Waals surface area contributed by atoms with Crippen molar-refractivity contribution in [2.24, 2.45) is 0 Å². The summed E-state index contributed by atoms with van der Waals surface area (Å²) in [6, 6.07) is 14.0. The van der Waals surface area contributed by atoms with Crippen molar-refractivity contribution in [3.05, 3.63) is 80.6 Å². The van der Waals surface area contributed by atoms with E-state index in [0.29, 0.717) is 42.5 Å². The van der Waals surface area contributed by atoms with E-state index in [1.807, 2.05) is 19.9 Å². The van der Waals surface area contributed by atoms with Crippen LogP contribution in [-0.4, -0.2) is 51.7 Å². The van der Waals surface area contributed by atoms with E-state index in [1.54, 1.807) is 46.0 Å². The van der Waals surface area contributed by atoms with Crippen LogP contribution in [0.4, 0.5) is 11.4 Å². The molecule has 1 fully saturated rings. The van der Waals surface area contributed by atoms with Crippen molar-refractivity contribution in [1.29, 1.82) is 0 Å². The van der Waals surface area contributed by atoms with Crippen LogP contribution < -0.4 is 4.90 Å². The molecule has 0 spiro atoms. The number of aromatic nitrogens is 2. The minimum Gasteiger partial charge on any atom is -0.368 e. The van der Waals surface area contributed by atoms with Crippen molar-refractivity contribution in [3.63, 3.8) is 0 Å². The zero-order chi connectivity index (χ0) is 22.1. The fourth-order valence-corrected chi connectivity index (χ4v) is 4.09. The van der Waals surface area contributed by atoms with Gasteiger partial charge in [-0.25, -0.2) is 4.68 Å². The first-order valence-electron chi connectivity index (χ1n) is 9.96. The first kappa shape index (κ1) is 20.9. The minimum absolute atomic E-state index is 0.00230. The second-order valence-corrected chi connectivity index (χ2v) is 7.94. The van der Waals surface area contributed by atoms with Crippen molar-refractivity contribution < 1.29 is 9.72 Å². The third-order valence-corrected chi connectivity index (χ3v) is 5.76. The monoisotopic (exact) mass is 439 g/mol. The maximum absolute atomic E-state index is 12.8. The average Bonchev–Trinajstić information content (AvgIpc) is 3.11. The molecule has 2 aromatic carbocycles. The number of aryl methyl sites for hydroxylation is 2. The van der Waals surface area contributed by atoms with Crippen LogP contribution in [0, 0.1) is 24.0 Å². The number of piperazine rings is 1. The summed E-state index contributed by atoms with van der Waals surface area (Å²) in [6.07, 6.45) is 0. The van der Waals surface area contributed by atoms with Crippen molar-refractivity contribution in [2.75, 3.05) is 31.1 Å². The number of nitro benzene ring substituents is 1. The number of hydrogen-bond donors (Lipinski definition) is 0. The van der Waals surface area contributed by atoms with Crippen molar-refractivity contribution in [2.45, 2.75) is 13.8 Å². The number of carbonyl (C=O) groups is 1. The van der Waals surface area contributed by atoms with E-state index >= 15 is 0 Å². The van der Waals surface area contributed by atoms with Gasteiger partial charge in [0.1, 0.15) is 5.69 Å². The van der Waals surface area contributed by atoms with Crippen molar-refractivity contribution in [3.8, 4) is 5.69 Å². The fourth-order valence-electron chi connectivity index (χ4n) is 3.88. The summed E-state index contributed by atoms with van der Waals surface area (Å²) in [7, 11) is 0. The molecule has 31 heavy (non-hydrogen) atoms. The molecule has 4 rings (SSSR count). The number of anilines is 1. The lowest BCUT2D eigenvalue weighted by Gasteiger charge is -2.36. The first-order valence-corrected chi connectivity index (χ1v) is 10.3. The van der Waals surface area contributed by atoms with Gasteiger partial charge in [-0.05, 0) is 44.2 Å². The number of benzene rings is 2. The van der Waals surface area contributed by atoms with Gasteiger partial charge < -0.3 is 9.80 Å². The summed E-state index contributed by atoms with van der Waals surface area (Å²) in [5, 5.41) is 16.4. The van der Waals surface area contributed by atoms with Gasteiger partial charge in [-0.15, -0.1) is 0 Å². The fraction of sp³-hybridized carbons (Fsp3) is 0.273. The summed E-state index contributed by atoms with van der Waals surface area (Å²) in [6.45, 7) is 6.03. The van der Waals surface area contributed by atoms with Gasteiger partial charge in [-0.1, -0.05) is 23.7 Å². The van der Waals surface area contributed by atoms with Gasteiger partial charge >= 0.3 is 0 Å². The molecule has 0 bridgehead atoms. The zero-order valence-corrected chi connectivity index (χ0v) is 18.0. The highest BCUT2D eigenvalue weighted by Crippen LogP contribution is 2.30. The highest BCUT2D eigenvalue weighted by Gasteiger charge is 2.25. The molecule has 2 heterocycles. The van der Waals surface area contributed by atoms with Crippen LogP contribution in [-0.2, 0) is 0 Å². The van der Waals surface area contributed by atoms with Gasteiger partial charge in [-0.2, -0.15) is 5.10 Å². The number of halogens is 1. The van der Waals surface area contributed by atoms with Gasteiger partial charge in [-0.3, -0.25) is 14.9 Å². The van der Waals surface area contributed by atoms with Crippen molar-refractivity contribution >= 4 is 28.9 Å². The largest absolute Gasteiger partial charge is 0.368 e. The van der Waals surface area contributed by atoms with Crippen molar-refractivity contribution in [1.82, 2.24) is 14.7 Å². The molecule has 8 nitrogen and oxygen atoms in total. The molecule has 0 N–H and O–H groups in total. The van der Waals surface area contributed by atoms with Crippen LogP contribution in [0.15, 0.2) is 48.5 Å². The number of nitrogens with zero attached hydrogens (tertiary/aromatic N) is 5. The predicted molar refractivity (Wildman–Crippen MR) is 119 cm³/mol. The number of hydrogen-bond acceptors (Lipinski definition) is 5. The number of amides is 1. The maximum Gasteiger partial charge on any atom is 0.295 e. The Kier molecular flexibility index (Phi) is 5.65. The van der Waals surface area contributed by atoms with Gasteiger partial charge in [0.15, 0.2) is 0 Å². The topological polar surface area (TPSA) is 84.5 Å². The molecule has 1 amide bonds. The molecule has 9 heteroatoms. The molecule has 0 unspecified atom stereocenters. The summed E-state index contributed by atoms with van der Waals surface area (Å²) in [5.41, 5.74) is 3.42. The third kappa shape index (κ3) is 4.11. The molecule has 0 aliphatic carbocycles. The van der Waals surface area contributed by atoms with E-state index in [9.17, 15) is 14.9 Å². The van der Waals surface area contributed by atoms with Gasteiger partial charge in [0, 0.05) is 43.6 Å². The van der Waals surface area contributed by atoms with Crippen LogP contribution >= 0.6 is 11.6 Å². The summed E-state index contributed by atoms with van der Waals surface area (Å²) in [4.78, 5) is 27.9. The van der Waals surface area contributed by atoms with Crippen LogP contribution in [0.5, 0.6) is 0 Å². The molecule has 1 aliphatic rings. The third-order valence-electron chi connectivity index (χ3n) is 5.43. The normalized spacial score (nSPS) is 14.0. The predicted octanol–water partition coefficient (Wildman–Crippen LogP) is 4.01. The highest BCUT2D eigenvalue weighted by molar-refractivity contribution is 6.33. The first-order chi connectivity index (χ1) is 14.8. The SMILES string of the molecule is Cc1cc(C)n(-c2cc(N3CCN(C(=O)c4ccccc4Cl)CC3)ccc2[N+](=O)[O-])n1. The number of rotatable bonds is 4. The summed E-state index contributed by atoms with van der Waals surface area (Å²) in [5.74, 6) is -0.0859. The molecular formula is C22H22ClN5O3. The van der Waals surface area contributed by atoms with E-state index in [2.05, 4.69) is 10.00 Å². The molecule has 1 saturated heterocycles. The van der Waals surface area contributed by atoms with E-state index in [1.165, 1.54) is 6.07 Å². The Labute approximate surface area is 184 Å². The smallest absolute Gasteiger partial charge is 0.295 e. The van der Waals surface area contributed by atoms with Crippen LogP contribution in [0.2, 0.25) is 5.02 Å². The molecule has 1 aromatic heterocycles. The Morgan fingerprint density at radius 2 is 1.77 bits per heavy atom. The van der Waals surface area contributed by atoms with Crippen LogP contribution in [0.3, 0.4) is 0 Å². The second-order valence-electron chi connectivity index (χ2n) is 7.53. The molecule has 0 saturated carbocycles. The van der Waals surface area contributed by atoms with Gasteiger partial charge in [0.05, 0.1) is 21.2 Å². The van der Waals surface area contributed by atoms with Crippen LogP contribution in [0.25, 0.3) is 5.69 Å². The quantitative estimate of drug-likeness (QED) is 0.453. The Hall–Kier alpha value is -3.39. The molecule has 0 atom stereocenters. The van der Waals surface area contributed by atoms with Crippen LogP contribution in [0.1, 0.15) is 21.7 Å². The second kappa shape index (κ2) is 8.39. The Morgan fingerprint density at radius 3 is 2.39 bits per heavy atom. The summed E-state index contributed by atoms with van der Waals surface area (Å²) >= 11 is 6.17. The summed E-state index contributed by atoms with van der Waals surface area (Å²) < 4.78 is 1.61. The van der Waals surface area contributed by atoms with Gasteiger partial charge in [0.2, 0.25) is 0 Å². The molecule has 0 radical (unpaired) electrons. The maximum atomic E-state index is 12.8. The molecular weight excluding hydrogens is 418 g/mol. The lowest BCUT2D eigenvalue weighted by Crippen LogP contribution is -2.48.